The lowest BCUT2D eigenvalue weighted by molar-refractivity contribution is 0.262. The largest absolute Gasteiger partial charge is 0.401 e. The van der Waals surface area contributed by atoms with Crippen LogP contribution in [0.15, 0.2) is 60.4 Å². The number of nitrogens with one attached hydrogen (secondary N) is 2. The molecule has 0 fully saturated rings. The van der Waals surface area contributed by atoms with E-state index in [1.54, 1.807) is 37.4 Å². The fraction of sp³-hybridized carbons (Fsp3) is 0.118. The molecule has 0 heterocycles. The third-order valence-electron chi connectivity index (χ3n) is 3.16. The van der Waals surface area contributed by atoms with Crippen LogP contribution in [0.3, 0.4) is 0 Å². The second kappa shape index (κ2) is 7.33. The maximum absolute atomic E-state index is 12.0. The number of anilines is 3. The van der Waals surface area contributed by atoms with Crippen LogP contribution in [0.25, 0.3) is 0 Å². The van der Waals surface area contributed by atoms with Gasteiger partial charge in [-0.25, -0.2) is 10.6 Å². The Morgan fingerprint density at radius 1 is 1.09 bits per heavy atom. The van der Waals surface area contributed by atoms with Crippen LogP contribution >= 0.6 is 0 Å². The average Bonchev–Trinajstić information content (AvgIpc) is 2.49. The van der Waals surface area contributed by atoms with Gasteiger partial charge in [0.2, 0.25) is 0 Å². The van der Waals surface area contributed by atoms with E-state index in [-0.39, 0.29) is 6.03 Å². The highest BCUT2D eigenvalue weighted by atomic mass is 16.2. The van der Waals surface area contributed by atoms with E-state index in [1.807, 2.05) is 31.2 Å². The number of nitrogens with two attached hydrogens (primary N) is 2. The van der Waals surface area contributed by atoms with Gasteiger partial charge in [0.1, 0.15) is 0 Å². The predicted molar refractivity (Wildman–Crippen MR) is 94.9 cm³/mol. The number of carbonyl (C=O) groups excluding carboxylic acids is 1. The molecule has 0 spiro atoms. The SMILES string of the molecule is C/C(N)=C/N(N)c1ccc(NC(=O)Nc2ccccc2C)cc1. The minimum Gasteiger partial charge on any atom is -0.401 e. The van der Waals surface area contributed by atoms with Crippen molar-refractivity contribution in [2.24, 2.45) is 11.6 Å². The average molecular weight is 311 g/mol. The van der Waals surface area contributed by atoms with Crippen LogP contribution in [-0.4, -0.2) is 6.03 Å². The van der Waals surface area contributed by atoms with E-state index in [0.717, 1.165) is 16.9 Å². The molecule has 6 nitrogen and oxygen atoms in total. The maximum atomic E-state index is 12.0. The maximum Gasteiger partial charge on any atom is 0.323 e. The lowest BCUT2D eigenvalue weighted by atomic mass is 10.2. The summed E-state index contributed by atoms with van der Waals surface area (Å²) in [7, 11) is 0. The zero-order valence-corrected chi connectivity index (χ0v) is 13.2. The Morgan fingerprint density at radius 2 is 1.74 bits per heavy atom. The highest BCUT2D eigenvalue weighted by molar-refractivity contribution is 6.00. The van der Waals surface area contributed by atoms with Crippen LogP contribution < -0.4 is 27.2 Å². The van der Waals surface area contributed by atoms with Crippen molar-refractivity contribution in [3.63, 3.8) is 0 Å². The number of carbonyl (C=O) groups is 1. The molecular weight excluding hydrogens is 290 g/mol. The summed E-state index contributed by atoms with van der Waals surface area (Å²) >= 11 is 0. The van der Waals surface area contributed by atoms with Gasteiger partial charge in [0.15, 0.2) is 0 Å². The first-order valence-electron chi connectivity index (χ1n) is 7.17. The Morgan fingerprint density at radius 3 is 2.35 bits per heavy atom. The standard InChI is InChI=1S/C17H21N5O/c1-12-5-3-4-6-16(12)21-17(23)20-14-7-9-15(10-8-14)22(19)11-13(2)18/h3-11H,18-19H2,1-2H3,(H2,20,21,23)/b13-11-. The summed E-state index contributed by atoms with van der Waals surface area (Å²) in [5.41, 5.74) is 9.40. The van der Waals surface area contributed by atoms with Gasteiger partial charge in [-0.15, -0.1) is 0 Å². The minimum absolute atomic E-state index is 0.297. The van der Waals surface area contributed by atoms with Crippen LogP contribution in [0, 0.1) is 6.92 Å². The van der Waals surface area contributed by atoms with Crippen molar-refractivity contribution < 1.29 is 4.79 Å². The number of para-hydroxylation sites is 1. The molecule has 0 aliphatic heterocycles. The number of hydrogen-bond donors (Lipinski definition) is 4. The van der Waals surface area contributed by atoms with Crippen molar-refractivity contribution in [1.82, 2.24) is 0 Å². The highest BCUT2D eigenvalue weighted by Gasteiger charge is 2.05. The van der Waals surface area contributed by atoms with Gasteiger partial charge in [0.05, 0.1) is 5.69 Å². The van der Waals surface area contributed by atoms with E-state index >= 15 is 0 Å². The molecule has 23 heavy (non-hydrogen) atoms. The number of allylic oxidation sites excluding steroid dienone is 1. The molecule has 0 aliphatic carbocycles. The fourth-order valence-electron chi connectivity index (χ4n) is 2.01. The third-order valence-corrected chi connectivity index (χ3v) is 3.16. The number of amides is 2. The molecular formula is C17H21N5O. The number of hydrazine groups is 1. The quantitative estimate of drug-likeness (QED) is 0.515. The second-order valence-corrected chi connectivity index (χ2v) is 5.22. The van der Waals surface area contributed by atoms with E-state index in [0.29, 0.717) is 11.4 Å². The summed E-state index contributed by atoms with van der Waals surface area (Å²) in [5, 5.41) is 7.01. The Hall–Kier alpha value is -2.99. The first kappa shape index (κ1) is 16.4. The number of hydrogen-bond acceptors (Lipinski definition) is 4. The van der Waals surface area contributed by atoms with Crippen molar-refractivity contribution in [3.05, 3.63) is 66.0 Å². The summed E-state index contributed by atoms with van der Waals surface area (Å²) in [6.07, 6.45) is 1.62. The summed E-state index contributed by atoms with van der Waals surface area (Å²) in [4.78, 5) is 12.0. The van der Waals surface area contributed by atoms with Crippen LogP contribution in [0.1, 0.15) is 12.5 Å². The van der Waals surface area contributed by atoms with Gasteiger partial charge in [-0.3, -0.25) is 5.01 Å². The Bertz CT molecular complexity index is 705. The van der Waals surface area contributed by atoms with E-state index < -0.39 is 0 Å². The van der Waals surface area contributed by atoms with Crippen LogP contribution in [0.4, 0.5) is 21.9 Å². The first-order chi connectivity index (χ1) is 11.0. The normalized spacial score (nSPS) is 11.0. The fourth-order valence-corrected chi connectivity index (χ4v) is 2.01. The molecule has 2 rings (SSSR count). The summed E-state index contributed by atoms with van der Waals surface area (Å²) in [6.45, 7) is 3.69. The summed E-state index contributed by atoms with van der Waals surface area (Å²) in [6, 6.07) is 14.4. The van der Waals surface area contributed by atoms with Gasteiger partial charge >= 0.3 is 6.03 Å². The molecule has 0 unspecified atom stereocenters. The molecule has 2 aromatic carbocycles. The Kier molecular flexibility index (Phi) is 5.22. The number of benzene rings is 2. The van der Waals surface area contributed by atoms with Crippen molar-refractivity contribution in [2.45, 2.75) is 13.8 Å². The molecule has 120 valence electrons. The number of nitrogens with zero attached hydrogens (tertiary/aromatic N) is 1. The van der Waals surface area contributed by atoms with Crippen molar-refractivity contribution in [2.75, 3.05) is 15.6 Å². The van der Waals surface area contributed by atoms with Gasteiger partial charge in [-0.05, 0) is 49.7 Å². The molecule has 2 amide bonds. The Labute approximate surface area is 135 Å². The molecule has 0 aliphatic rings. The highest BCUT2D eigenvalue weighted by Crippen LogP contribution is 2.17. The van der Waals surface area contributed by atoms with Crippen LogP contribution in [0.5, 0.6) is 0 Å². The Balaban J connectivity index is 1.99. The lowest BCUT2D eigenvalue weighted by Gasteiger charge is -2.15. The van der Waals surface area contributed by atoms with E-state index in [1.165, 1.54) is 5.01 Å². The monoisotopic (exact) mass is 311 g/mol. The predicted octanol–water partition coefficient (Wildman–Crippen LogP) is 3.14. The van der Waals surface area contributed by atoms with Gasteiger partial charge in [-0.2, -0.15) is 0 Å². The molecule has 6 heteroatoms. The molecule has 0 aromatic heterocycles. The lowest BCUT2D eigenvalue weighted by Crippen LogP contribution is -2.25. The molecule has 0 bridgehead atoms. The minimum atomic E-state index is -0.297. The zero-order chi connectivity index (χ0) is 16.8. The van der Waals surface area contributed by atoms with Gasteiger partial charge < -0.3 is 16.4 Å². The molecule has 0 saturated carbocycles. The number of rotatable bonds is 4. The van der Waals surface area contributed by atoms with E-state index in [4.69, 9.17) is 11.6 Å². The van der Waals surface area contributed by atoms with E-state index in [9.17, 15) is 4.79 Å². The second-order valence-electron chi connectivity index (χ2n) is 5.22. The van der Waals surface area contributed by atoms with Crippen LogP contribution in [-0.2, 0) is 0 Å². The zero-order valence-electron chi connectivity index (χ0n) is 13.2. The van der Waals surface area contributed by atoms with Crippen LogP contribution in [0.2, 0.25) is 0 Å². The van der Waals surface area contributed by atoms with E-state index in [2.05, 4.69) is 10.6 Å². The number of aryl methyl sites for hydroxylation is 1. The smallest absolute Gasteiger partial charge is 0.323 e. The molecule has 6 N–H and O–H groups in total. The van der Waals surface area contributed by atoms with Gasteiger partial charge in [0, 0.05) is 23.3 Å². The third kappa shape index (κ3) is 4.76. The molecule has 0 radical (unpaired) electrons. The molecule has 2 aromatic rings. The summed E-state index contributed by atoms with van der Waals surface area (Å²) in [5.74, 6) is 5.84. The molecule has 0 saturated heterocycles. The topological polar surface area (TPSA) is 96.4 Å². The summed E-state index contributed by atoms with van der Waals surface area (Å²) < 4.78 is 0. The number of urea groups is 1. The van der Waals surface area contributed by atoms with Gasteiger partial charge in [0.25, 0.3) is 0 Å². The molecule has 0 atom stereocenters. The van der Waals surface area contributed by atoms with Crippen molar-refractivity contribution in [3.8, 4) is 0 Å². The van der Waals surface area contributed by atoms with Gasteiger partial charge in [-0.1, -0.05) is 18.2 Å². The first-order valence-corrected chi connectivity index (χ1v) is 7.17. The van der Waals surface area contributed by atoms with Crippen molar-refractivity contribution in [1.29, 1.82) is 0 Å². The van der Waals surface area contributed by atoms with Crippen molar-refractivity contribution >= 4 is 23.1 Å².